The molecule has 0 saturated carbocycles. The molecule has 0 aliphatic rings. The summed E-state index contributed by atoms with van der Waals surface area (Å²) in [6.07, 6.45) is 1.51. The summed E-state index contributed by atoms with van der Waals surface area (Å²) in [6.45, 7) is 0.757. The van der Waals surface area contributed by atoms with Crippen molar-refractivity contribution < 1.29 is 12.8 Å². The zero-order chi connectivity index (χ0) is 15.5. The van der Waals surface area contributed by atoms with Gasteiger partial charge in [0.2, 0.25) is 10.0 Å². The summed E-state index contributed by atoms with van der Waals surface area (Å²) in [7, 11) is -0.290. The van der Waals surface area contributed by atoms with Crippen LogP contribution in [0.4, 0.5) is 0 Å². The number of rotatable bonds is 6. The van der Waals surface area contributed by atoms with Crippen LogP contribution in [0.1, 0.15) is 11.3 Å². The average Bonchev–Trinajstić information content (AvgIpc) is 2.94. The molecule has 2 aromatic rings. The molecule has 0 unspecified atom stereocenters. The number of benzene rings is 1. The summed E-state index contributed by atoms with van der Waals surface area (Å²) >= 11 is 6.12. The maximum absolute atomic E-state index is 12.5. The lowest BCUT2D eigenvalue weighted by atomic mass is 10.2. The van der Waals surface area contributed by atoms with Crippen LogP contribution in [0.2, 0.25) is 5.02 Å². The van der Waals surface area contributed by atoms with E-state index in [1.54, 1.807) is 31.3 Å². The molecule has 1 aromatic carbocycles. The van der Waals surface area contributed by atoms with Gasteiger partial charge < -0.3 is 9.73 Å². The molecule has 0 aliphatic heterocycles. The predicted molar refractivity (Wildman–Crippen MR) is 81.6 cm³/mol. The number of nitrogens with one attached hydrogen (secondary N) is 1. The first-order chi connectivity index (χ1) is 9.95. The molecule has 114 valence electrons. The van der Waals surface area contributed by atoms with Crippen LogP contribution in [-0.4, -0.2) is 26.8 Å². The first-order valence-electron chi connectivity index (χ1n) is 6.37. The summed E-state index contributed by atoms with van der Waals surface area (Å²) in [4.78, 5) is 0.168. The molecule has 0 spiro atoms. The minimum absolute atomic E-state index is 0.168. The molecule has 1 heterocycles. The van der Waals surface area contributed by atoms with Crippen molar-refractivity contribution in [3.05, 3.63) is 52.9 Å². The average molecular weight is 329 g/mol. The van der Waals surface area contributed by atoms with Gasteiger partial charge in [-0.1, -0.05) is 17.7 Å². The second kappa shape index (κ2) is 6.62. The molecule has 0 saturated heterocycles. The lowest BCUT2D eigenvalue weighted by molar-refractivity contribution is 0.406. The fourth-order valence-electron chi connectivity index (χ4n) is 1.91. The van der Waals surface area contributed by atoms with Gasteiger partial charge in [0, 0.05) is 18.6 Å². The van der Waals surface area contributed by atoms with Crippen molar-refractivity contribution in [2.24, 2.45) is 0 Å². The van der Waals surface area contributed by atoms with Crippen molar-refractivity contribution in [1.82, 2.24) is 9.62 Å². The van der Waals surface area contributed by atoms with Crippen molar-refractivity contribution in [2.75, 3.05) is 14.1 Å². The zero-order valence-electron chi connectivity index (χ0n) is 11.8. The highest BCUT2D eigenvalue weighted by Crippen LogP contribution is 2.23. The van der Waals surface area contributed by atoms with Crippen molar-refractivity contribution in [3.63, 3.8) is 0 Å². The second-order valence-electron chi connectivity index (χ2n) is 4.62. The number of sulfonamides is 1. The predicted octanol–water partition coefficient (Wildman–Crippen LogP) is 2.47. The molecule has 0 bridgehead atoms. The highest BCUT2D eigenvalue weighted by Gasteiger charge is 2.22. The van der Waals surface area contributed by atoms with E-state index in [1.165, 1.54) is 23.7 Å². The monoisotopic (exact) mass is 328 g/mol. The smallest absolute Gasteiger partial charge is 0.243 e. The first-order valence-corrected chi connectivity index (χ1v) is 8.18. The standard InChI is InChI=1S/C14H17ClN2O3S/c1-16-9-11-5-6-13(8-14(11)15)21(18,19)17(2)10-12-4-3-7-20-12/h3-8,16H,9-10H2,1-2H3. The second-order valence-corrected chi connectivity index (χ2v) is 7.08. The van der Waals surface area contributed by atoms with E-state index >= 15 is 0 Å². The Labute approximate surface area is 129 Å². The third-order valence-corrected chi connectivity index (χ3v) is 5.21. The van der Waals surface area contributed by atoms with Crippen LogP contribution >= 0.6 is 11.6 Å². The molecule has 0 amide bonds. The molecule has 0 atom stereocenters. The molecular weight excluding hydrogens is 312 g/mol. The first kappa shape index (κ1) is 16.0. The fraction of sp³-hybridized carbons (Fsp3) is 0.286. The van der Waals surface area contributed by atoms with Crippen LogP contribution in [0.5, 0.6) is 0 Å². The van der Waals surface area contributed by atoms with Gasteiger partial charge in [-0.25, -0.2) is 8.42 Å². The Hall–Kier alpha value is -1.34. The Morgan fingerprint density at radius 2 is 2.10 bits per heavy atom. The number of halogens is 1. The van der Waals surface area contributed by atoms with E-state index in [9.17, 15) is 8.42 Å². The molecule has 2 rings (SSSR count). The van der Waals surface area contributed by atoms with Crippen LogP contribution in [0.25, 0.3) is 0 Å². The van der Waals surface area contributed by atoms with Gasteiger partial charge in [-0.3, -0.25) is 0 Å². The zero-order valence-corrected chi connectivity index (χ0v) is 13.4. The molecule has 0 fully saturated rings. The molecule has 1 N–H and O–H groups in total. The summed E-state index contributed by atoms with van der Waals surface area (Å²) in [6, 6.07) is 8.20. The molecule has 0 aliphatic carbocycles. The number of nitrogens with zero attached hydrogens (tertiary/aromatic N) is 1. The Balaban J connectivity index is 2.24. The third-order valence-electron chi connectivity index (χ3n) is 3.06. The van der Waals surface area contributed by atoms with E-state index in [0.29, 0.717) is 17.3 Å². The Kier molecular flexibility index (Phi) is 5.05. The van der Waals surface area contributed by atoms with Gasteiger partial charge in [0.1, 0.15) is 5.76 Å². The summed E-state index contributed by atoms with van der Waals surface area (Å²) in [5.41, 5.74) is 0.854. The van der Waals surface area contributed by atoms with E-state index in [2.05, 4.69) is 5.32 Å². The molecule has 1 aromatic heterocycles. The topological polar surface area (TPSA) is 62.6 Å². The van der Waals surface area contributed by atoms with Crippen molar-refractivity contribution in [2.45, 2.75) is 18.0 Å². The van der Waals surface area contributed by atoms with Crippen LogP contribution in [-0.2, 0) is 23.1 Å². The van der Waals surface area contributed by atoms with Gasteiger partial charge in [-0.05, 0) is 36.9 Å². The molecular formula is C14H17ClN2O3S. The molecule has 5 nitrogen and oxygen atoms in total. The summed E-state index contributed by atoms with van der Waals surface area (Å²) in [5, 5.41) is 3.41. The lowest BCUT2D eigenvalue weighted by Crippen LogP contribution is -2.26. The summed E-state index contributed by atoms with van der Waals surface area (Å²) < 4.78 is 31.4. The van der Waals surface area contributed by atoms with Gasteiger partial charge >= 0.3 is 0 Å². The maximum Gasteiger partial charge on any atom is 0.243 e. The van der Waals surface area contributed by atoms with Gasteiger partial charge in [0.05, 0.1) is 17.7 Å². The normalized spacial score (nSPS) is 12.0. The Bertz CT molecular complexity index is 699. The fourth-order valence-corrected chi connectivity index (χ4v) is 3.39. The Morgan fingerprint density at radius 3 is 2.67 bits per heavy atom. The van der Waals surface area contributed by atoms with E-state index in [0.717, 1.165) is 5.56 Å². The number of hydrogen-bond donors (Lipinski definition) is 1. The van der Waals surface area contributed by atoms with E-state index < -0.39 is 10.0 Å². The molecule has 7 heteroatoms. The summed E-state index contributed by atoms with van der Waals surface area (Å²) in [5.74, 6) is 0.582. The quantitative estimate of drug-likeness (QED) is 0.885. The van der Waals surface area contributed by atoms with E-state index in [4.69, 9.17) is 16.0 Å². The van der Waals surface area contributed by atoms with Crippen molar-refractivity contribution in [3.8, 4) is 0 Å². The minimum Gasteiger partial charge on any atom is -0.468 e. The Morgan fingerprint density at radius 1 is 1.33 bits per heavy atom. The van der Waals surface area contributed by atoms with E-state index in [1.807, 2.05) is 0 Å². The molecule has 0 radical (unpaired) electrons. The maximum atomic E-state index is 12.5. The van der Waals surface area contributed by atoms with Gasteiger partial charge in [-0.2, -0.15) is 4.31 Å². The highest BCUT2D eigenvalue weighted by atomic mass is 35.5. The van der Waals surface area contributed by atoms with Gasteiger partial charge in [-0.15, -0.1) is 0 Å². The van der Waals surface area contributed by atoms with Crippen LogP contribution in [0.3, 0.4) is 0 Å². The molecule has 21 heavy (non-hydrogen) atoms. The third kappa shape index (κ3) is 3.65. The van der Waals surface area contributed by atoms with Crippen molar-refractivity contribution in [1.29, 1.82) is 0 Å². The van der Waals surface area contributed by atoms with Gasteiger partial charge in [0.15, 0.2) is 0 Å². The van der Waals surface area contributed by atoms with E-state index in [-0.39, 0.29) is 11.4 Å². The number of furan rings is 1. The number of hydrogen-bond acceptors (Lipinski definition) is 4. The van der Waals surface area contributed by atoms with Crippen LogP contribution in [0.15, 0.2) is 45.9 Å². The van der Waals surface area contributed by atoms with Crippen LogP contribution in [0, 0.1) is 0 Å². The van der Waals surface area contributed by atoms with Gasteiger partial charge in [0.25, 0.3) is 0 Å². The SMILES string of the molecule is CNCc1ccc(S(=O)(=O)N(C)Cc2ccco2)cc1Cl. The van der Waals surface area contributed by atoms with Crippen LogP contribution < -0.4 is 5.32 Å². The van der Waals surface area contributed by atoms with Crippen molar-refractivity contribution >= 4 is 21.6 Å². The largest absolute Gasteiger partial charge is 0.468 e. The lowest BCUT2D eigenvalue weighted by Gasteiger charge is -2.16. The highest BCUT2D eigenvalue weighted by molar-refractivity contribution is 7.89. The minimum atomic E-state index is -3.60.